The molecule has 1 aliphatic rings. The lowest BCUT2D eigenvalue weighted by Gasteiger charge is -2.15. The van der Waals surface area contributed by atoms with Gasteiger partial charge in [-0.3, -0.25) is 15.0 Å². The van der Waals surface area contributed by atoms with Crippen molar-refractivity contribution in [2.75, 3.05) is 6.61 Å². The molecule has 0 saturated carbocycles. The summed E-state index contributed by atoms with van der Waals surface area (Å²) in [6, 6.07) is 21.0. The SMILES string of the molecule is CCOc1cc(/C=C2/SC(=S)N(NC(=O)c3ccc(Cl)cc3)C2=O)ccc1OCc1ccccc1C#N. The maximum absolute atomic E-state index is 13.0. The molecule has 3 aromatic carbocycles. The number of nitrogens with one attached hydrogen (secondary N) is 1. The number of hydrogen-bond acceptors (Lipinski definition) is 7. The summed E-state index contributed by atoms with van der Waals surface area (Å²) in [4.78, 5) is 25.9. The van der Waals surface area contributed by atoms with Gasteiger partial charge in [0.15, 0.2) is 15.8 Å². The molecule has 0 bridgehead atoms. The third-order valence-electron chi connectivity index (χ3n) is 5.20. The summed E-state index contributed by atoms with van der Waals surface area (Å²) >= 11 is 12.3. The van der Waals surface area contributed by atoms with Crippen LogP contribution < -0.4 is 14.9 Å². The molecular formula is C27H20ClN3O4S2. The number of rotatable bonds is 8. The largest absolute Gasteiger partial charge is 0.490 e. The van der Waals surface area contributed by atoms with Crippen LogP contribution in [0.25, 0.3) is 6.08 Å². The van der Waals surface area contributed by atoms with Crippen molar-refractivity contribution in [2.24, 2.45) is 0 Å². The minimum atomic E-state index is -0.479. The lowest BCUT2D eigenvalue weighted by Crippen LogP contribution is -2.44. The lowest BCUT2D eigenvalue weighted by molar-refractivity contribution is -0.123. The second-order valence-electron chi connectivity index (χ2n) is 7.66. The molecule has 0 unspecified atom stereocenters. The van der Waals surface area contributed by atoms with Crippen LogP contribution in [0.5, 0.6) is 11.5 Å². The Balaban J connectivity index is 1.49. The van der Waals surface area contributed by atoms with Crippen LogP contribution in [0.3, 0.4) is 0 Å². The number of carbonyl (C=O) groups is 2. The number of benzene rings is 3. The van der Waals surface area contributed by atoms with Gasteiger partial charge >= 0.3 is 0 Å². The number of hydrazine groups is 1. The van der Waals surface area contributed by atoms with Crippen molar-refractivity contribution in [3.05, 3.63) is 98.9 Å². The van der Waals surface area contributed by atoms with Gasteiger partial charge in [0.1, 0.15) is 6.61 Å². The molecule has 1 fully saturated rings. The van der Waals surface area contributed by atoms with E-state index < -0.39 is 11.8 Å². The molecule has 1 aliphatic heterocycles. The van der Waals surface area contributed by atoms with E-state index in [1.165, 1.54) is 0 Å². The summed E-state index contributed by atoms with van der Waals surface area (Å²) in [7, 11) is 0. The summed E-state index contributed by atoms with van der Waals surface area (Å²) in [5.41, 5.74) is 4.89. The van der Waals surface area contributed by atoms with E-state index in [0.29, 0.717) is 44.7 Å². The molecule has 0 radical (unpaired) electrons. The second-order valence-corrected chi connectivity index (χ2v) is 9.77. The standard InChI is InChI=1S/C27H20ClN3O4S2/c1-2-34-23-13-17(7-12-22(23)35-16-20-6-4-3-5-19(20)15-29)14-24-26(33)31(27(36)37-24)30-25(32)18-8-10-21(28)11-9-18/h3-14H,2,16H2,1H3,(H,30,32)/b24-14+. The molecule has 2 amide bonds. The Bertz CT molecular complexity index is 1430. The fraction of sp³-hybridized carbons (Fsp3) is 0.111. The van der Waals surface area contributed by atoms with Crippen LogP contribution in [-0.2, 0) is 11.4 Å². The molecule has 186 valence electrons. The highest BCUT2D eigenvalue weighted by Crippen LogP contribution is 2.34. The number of hydrogen-bond donors (Lipinski definition) is 1. The number of nitrogens with zero attached hydrogens (tertiary/aromatic N) is 2. The van der Waals surface area contributed by atoms with Gasteiger partial charge in [-0.15, -0.1) is 0 Å². The maximum atomic E-state index is 13.0. The maximum Gasteiger partial charge on any atom is 0.285 e. The molecule has 37 heavy (non-hydrogen) atoms. The Morgan fingerprint density at radius 1 is 1.14 bits per heavy atom. The lowest BCUT2D eigenvalue weighted by atomic mass is 10.1. The highest BCUT2D eigenvalue weighted by molar-refractivity contribution is 8.26. The van der Waals surface area contributed by atoms with Crippen molar-refractivity contribution in [3.8, 4) is 17.6 Å². The van der Waals surface area contributed by atoms with Crippen LogP contribution in [0.2, 0.25) is 5.02 Å². The number of amides is 2. The van der Waals surface area contributed by atoms with Gasteiger partial charge in [-0.2, -0.15) is 10.3 Å². The number of thiocarbonyl (C=S) groups is 1. The van der Waals surface area contributed by atoms with Crippen molar-refractivity contribution >= 4 is 57.8 Å². The first-order chi connectivity index (χ1) is 17.9. The third kappa shape index (κ3) is 6.30. The van der Waals surface area contributed by atoms with Crippen LogP contribution >= 0.6 is 35.6 Å². The number of thioether (sulfide) groups is 1. The first kappa shape index (κ1) is 26.2. The highest BCUT2D eigenvalue weighted by Gasteiger charge is 2.33. The number of halogens is 1. The second kappa shape index (κ2) is 11.9. The first-order valence-electron chi connectivity index (χ1n) is 11.1. The molecule has 0 atom stereocenters. The molecule has 1 saturated heterocycles. The number of nitriles is 1. The molecule has 1 N–H and O–H groups in total. The van der Waals surface area contributed by atoms with E-state index in [9.17, 15) is 14.9 Å². The van der Waals surface area contributed by atoms with Gasteiger partial charge in [0.05, 0.1) is 23.1 Å². The Morgan fingerprint density at radius 2 is 1.89 bits per heavy atom. The Labute approximate surface area is 228 Å². The van der Waals surface area contributed by atoms with Gasteiger partial charge < -0.3 is 9.47 Å². The Kier molecular flexibility index (Phi) is 8.46. The monoisotopic (exact) mass is 549 g/mol. The molecule has 4 rings (SSSR count). The minimum absolute atomic E-state index is 0.204. The van der Waals surface area contributed by atoms with Crippen molar-refractivity contribution in [2.45, 2.75) is 13.5 Å². The van der Waals surface area contributed by atoms with E-state index in [0.717, 1.165) is 22.3 Å². The summed E-state index contributed by atoms with van der Waals surface area (Å²) < 4.78 is 11.9. The topological polar surface area (TPSA) is 91.7 Å². The van der Waals surface area contributed by atoms with E-state index in [4.69, 9.17) is 33.3 Å². The van der Waals surface area contributed by atoms with E-state index in [2.05, 4.69) is 11.5 Å². The molecule has 0 aliphatic carbocycles. The molecule has 0 aromatic heterocycles. The fourth-order valence-electron chi connectivity index (χ4n) is 3.40. The molecule has 0 spiro atoms. The van der Waals surface area contributed by atoms with E-state index in [1.54, 1.807) is 60.7 Å². The van der Waals surface area contributed by atoms with E-state index >= 15 is 0 Å². The van der Waals surface area contributed by atoms with E-state index in [1.807, 2.05) is 19.1 Å². The van der Waals surface area contributed by atoms with Crippen LogP contribution in [0, 0.1) is 11.3 Å². The average molecular weight is 550 g/mol. The van der Waals surface area contributed by atoms with Gasteiger partial charge in [-0.1, -0.05) is 47.6 Å². The number of ether oxygens (including phenoxy) is 2. The van der Waals surface area contributed by atoms with Gasteiger partial charge in [0, 0.05) is 16.1 Å². The van der Waals surface area contributed by atoms with Crippen LogP contribution in [0.1, 0.15) is 34.0 Å². The van der Waals surface area contributed by atoms with Crippen molar-refractivity contribution in [1.82, 2.24) is 10.4 Å². The normalized spacial score (nSPS) is 14.0. The zero-order valence-corrected chi connectivity index (χ0v) is 22.0. The van der Waals surface area contributed by atoms with Crippen molar-refractivity contribution in [3.63, 3.8) is 0 Å². The molecular weight excluding hydrogens is 530 g/mol. The predicted octanol–water partition coefficient (Wildman–Crippen LogP) is 5.74. The zero-order chi connectivity index (χ0) is 26.4. The summed E-state index contributed by atoms with van der Waals surface area (Å²) in [5, 5.41) is 10.8. The highest BCUT2D eigenvalue weighted by atomic mass is 35.5. The fourth-order valence-corrected chi connectivity index (χ4v) is 4.70. The molecule has 10 heteroatoms. The Morgan fingerprint density at radius 3 is 2.62 bits per heavy atom. The van der Waals surface area contributed by atoms with Crippen LogP contribution in [-0.4, -0.2) is 27.8 Å². The molecule has 7 nitrogen and oxygen atoms in total. The first-order valence-corrected chi connectivity index (χ1v) is 12.7. The third-order valence-corrected chi connectivity index (χ3v) is 6.75. The van der Waals surface area contributed by atoms with Crippen LogP contribution in [0.4, 0.5) is 0 Å². The summed E-state index contributed by atoms with van der Waals surface area (Å²) in [5.74, 6) is 0.0859. The minimum Gasteiger partial charge on any atom is -0.490 e. The average Bonchev–Trinajstić information content (AvgIpc) is 3.16. The van der Waals surface area contributed by atoms with E-state index in [-0.39, 0.29) is 10.9 Å². The van der Waals surface area contributed by atoms with Gasteiger partial charge in [-0.25, -0.2) is 0 Å². The molecule has 1 heterocycles. The quantitative estimate of drug-likeness (QED) is 0.283. The van der Waals surface area contributed by atoms with Crippen molar-refractivity contribution < 1.29 is 19.1 Å². The summed E-state index contributed by atoms with van der Waals surface area (Å²) in [6.45, 7) is 2.47. The smallest absolute Gasteiger partial charge is 0.285 e. The van der Waals surface area contributed by atoms with Gasteiger partial charge in [-0.05, 0) is 73.2 Å². The van der Waals surface area contributed by atoms with Crippen molar-refractivity contribution in [1.29, 1.82) is 5.26 Å². The van der Waals surface area contributed by atoms with Gasteiger partial charge in [0.2, 0.25) is 0 Å². The van der Waals surface area contributed by atoms with Crippen LogP contribution in [0.15, 0.2) is 71.6 Å². The summed E-state index contributed by atoms with van der Waals surface area (Å²) in [6.07, 6.45) is 1.67. The predicted molar refractivity (Wildman–Crippen MR) is 147 cm³/mol. The zero-order valence-electron chi connectivity index (χ0n) is 19.6. The molecule has 3 aromatic rings. The number of carbonyl (C=O) groups excluding carboxylic acids is 2. The Hall–Kier alpha value is -3.84. The van der Waals surface area contributed by atoms with Gasteiger partial charge in [0.25, 0.3) is 11.8 Å².